The van der Waals surface area contributed by atoms with E-state index in [4.69, 9.17) is 0 Å². The third-order valence-electron chi connectivity index (χ3n) is 4.30. The highest BCUT2D eigenvalue weighted by molar-refractivity contribution is 8.18. The topological polar surface area (TPSA) is 89.5 Å². The smallest absolute Gasteiger partial charge is 0.289 e. The van der Waals surface area contributed by atoms with Crippen molar-refractivity contribution < 1.29 is 9.72 Å². The number of hydrogen-bond acceptors (Lipinski definition) is 5. The first-order valence-electron chi connectivity index (χ1n) is 8.78. The van der Waals surface area contributed by atoms with Crippen LogP contribution in [0.25, 0.3) is 11.8 Å². The number of nitro groups is 1. The predicted molar refractivity (Wildman–Crippen MR) is 115 cm³/mol. The monoisotopic (exact) mass is 404 g/mol. The van der Waals surface area contributed by atoms with Crippen LogP contribution in [0.4, 0.5) is 16.2 Å². The van der Waals surface area contributed by atoms with Gasteiger partial charge >= 0.3 is 0 Å². The number of non-ortho nitro benzene ring substituents is 1. The summed E-state index contributed by atoms with van der Waals surface area (Å²) in [6.07, 6.45) is 3.73. The van der Waals surface area contributed by atoms with Crippen LogP contribution in [0.1, 0.15) is 11.3 Å². The number of rotatable bonds is 4. The van der Waals surface area contributed by atoms with E-state index in [1.165, 1.54) is 12.1 Å². The van der Waals surface area contributed by atoms with Gasteiger partial charge in [0.25, 0.3) is 10.9 Å². The van der Waals surface area contributed by atoms with Gasteiger partial charge in [0.1, 0.15) is 5.84 Å². The molecular weight excluding hydrogens is 388 g/mol. The Kier molecular flexibility index (Phi) is 5.01. The van der Waals surface area contributed by atoms with Gasteiger partial charge in [-0.2, -0.15) is 0 Å². The van der Waals surface area contributed by atoms with E-state index in [1.54, 1.807) is 12.1 Å². The molecule has 0 unspecified atom stereocenters. The Hall–Kier alpha value is -3.65. The molecule has 2 aromatic carbocycles. The minimum absolute atomic E-state index is 0.0366. The highest BCUT2D eigenvalue weighted by atomic mass is 32.2. The molecule has 8 heteroatoms. The Morgan fingerprint density at radius 2 is 1.93 bits per heavy atom. The number of hydrogen-bond donors (Lipinski definition) is 1. The van der Waals surface area contributed by atoms with Crippen LogP contribution >= 0.6 is 11.8 Å². The SMILES string of the molecule is Cc1cccc(N=C2NC(=O)SC2=Cc2cccn2-c2ccc([N+](=O)[O-])cc2)c1. The third-order valence-corrected chi connectivity index (χ3v) is 5.12. The number of benzene rings is 2. The fraction of sp³-hybridized carbons (Fsp3) is 0.0476. The fourth-order valence-electron chi connectivity index (χ4n) is 2.96. The lowest BCUT2D eigenvalue weighted by molar-refractivity contribution is -0.384. The summed E-state index contributed by atoms with van der Waals surface area (Å²) >= 11 is 1.08. The minimum Gasteiger partial charge on any atom is -0.317 e. The molecule has 7 nitrogen and oxygen atoms in total. The molecule has 1 amide bonds. The Morgan fingerprint density at radius 3 is 2.66 bits per heavy atom. The second-order valence-electron chi connectivity index (χ2n) is 6.40. The zero-order valence-corrected chi connectivity index (χ0v) is 16.2. The molecule has 1 aromatic heterocycles. The lowest BCUT2D eigenvalue weighted by atomic mass is 10.2. The van der Waals surface area contributed by atoms with Crippen molar-refractivity contribution in [3.63, 3.8) is 0 Å². The molecule has 144 valence electrons. The molecule has 0 bridgehead atoms. The second kappa shape index (κ2) is 7.76. The zero-order chi connectivity index (χ0) is 20.4. The number of nitro benzene ring substituents is 1. The summed E-state index contributed by atoms with van der Waals surface area (Å²) in [7, 11) is 0. The number of aromatic nitrogens is 1. The molecule has 0 saturated carbocycles. The van der Waals surface area contributed by atoms with Crippen molar-refractivity contribution in [2.75, 3.05) is 0 Å². The number of amidine groups is 1. The fourth-order valence-corrected chi connectivity index (χ4v) is 3.68. The summed E-state index contributed by atoms with van der Waals surface area (Å²) in [5, 5.41) is 13.5. The summed E-state index contributed by atoms with van der Waals surface area (Å²) in [6, 6.07) is 17.8. The third kappa shape index (κ3) is 4.12. The quantitative estimate of drug-likeness (QED) is 0.477. The van der Waals surface area contributed by atoms with Crippen LogP contribution in [-0.4, -0.2) is 20.6 Å². The average molecular weight is 404 g/mol. The number of nitrogens with one attached hydrogen (secondary N) is 1. The Labute approximate surface area is 170 Å². The number of carbonyl (C=O) groups is 1. The van der Waals surface area contributed by atoms with Crippen LogP contribution in [-0.2, 0) is 0 Å². The van der Waals surface area contributed by atoms with Crippen molar-refractivity contribution >= 4 is 40.3 Å². The van der Waals surface area contributed by atoms with E-state index in [0.29, 0.717) is 10.7 Å². The molecule has 3 aromatic rings. The Morgan fingerprint density at radius 1 is 1.14 bits per heavy atom. The Bertz CT molecular complexity index is 1160. The molecule has 0 spiro atoms. The van der Waals surface area contributed by atoms with Crippen molar-refractivity contribution in [2.45, 2.75) is 6.92 Å². The van der Waals surface area contributed by atoms with Crippen molar-refractivity contribution in [1.29, 1.82) is 0 Å². The molecular formula is C21H16N4O3S. The van der Waals surface area contributed by atoms with Gasteiger partial charge in [0.15, 0.2) is 0 Å². The summed E-state index contributed by atoms with van der Waals surface area (Å²) < 4.78 is 1.89. The van der Waals surface area contributed by atoms with Gasteiger partial charge in [-0.15, -0.1) is 0 Å². The number of nitrogens with zero attached hydrogens (tertiary/aromatic N) is 3. The van der Waals surface area contributed by atoms with Gasteiger partial charge in [-0.1, -0.05) is 12.1 Å². The van der Waals surface area contributed by atoms with Gasteiger partial charge in [0.2, 0.25) is 0 Å². The predicted octanol–water partition coefficient (Wildman–Crippen LogP) is 5.22. The van der Waals surface area contributed by atoms with Gasteiger partial charge in [0, 0.05) is 29.7 Å². The minimum atomic E-state index is -0.428. The number of aliphatic imine (C=N–C) groups is 1. The van der Waals surface area contributed by atoms with E-state index >= 15 is 0 Å². The first-order valence-corrected chi connectivity index (χ1v) is 9.60. The van der Waals surface area contributed by atoms with Gasteiger partial charge in [-0.25, -0.2) is 4.99 Å². The first kappa shape index (κ1) is 18.7. The summed E-state index contributed by atoms with van der Waals surface area (Å²) in [4.78, 5) is 27.7. The number of aryl methyl sites for hydroxylation is 1. The van der Waals surface area contributed by atoms with Crippen LogP contribution in [0.2, 0.25) is 0 Å². The van der Waals surface area contributed by atoms with E-state index in [1.807, 2.05) is 60.2 Å². The van der Waals surface area contributed by atoms with Gasteiger partial charge in [-0.05, 0) is 66.7 Å². The molecule has 0 atom stereocenters. The van der Waals surface area contributed by atoms with Crippen LogP contribution in [0.3, 0.4) is 0 Å². The van der Waals surface area contributed by atoms with Gasteiger partial charge < -0.3 is 9.88 Å². The molecule has 1 N–H and O–H groups in total. The molecule has 1 aliphatic heterocycles. The lowest BCUT2D eigenvalue weighted by Crippen LogP contribution is -2.18. The molecule has 0 aliphatic carbocycles. The largest absolute Gasteiger partial charge is 0.317 e. The summed E-state index contributed by atoms with van der Waals surface area (Å²) in [5.41, 5.74) is 3.50. The molecule has 4 rings (SSSR count). The number of carbonyl (C=O) groups excluding carboxylic acids is 1. The highest BCUT2D eigenvalue weighted by Gasteiger charge is 2.24. The van der Waals surface area contributed by atoms with E-state index in [2.05, 4.69) is 10.3 Å². The maximum atomic E-state index is 12.0. The number of amides is 1. The lowest BCUT2D eigenvalue weighted by Gasteiger charge is -2.07. The van der Waals surface area contributed by atoms with E-state index in [9.17, 15) is 14.9 Å². The van der Waals surface area contributed by atoms with Crippen LogP contribution in [0.15, 0.2) is 76.8 Å². The van der Waals surface area contributed by atoms with Crippen LogP contribution in [0.5, 0.6) is 0 Å². The highest BCUT2D eigenvalue weighted by Crippen LogP contribution is 2.29. The zero-order valence-electron chi connectivity index (χ0n) is 15.4. The molecule has 29 heavy (non-hydrogen) atoms. The molecule has 1 fully saturated rings. The maximum absolute atomic E-state index is 12.0. The van der Waals surface area contributed by atoms with Crippen LogP contribution < -0.4 is 5.32 Å². The van der Waals surface area contributed by atoms with E-state index in [0.717, 1.165) is 34.4 Å². The molecule has 1 aliphatic rings. The van der Waals surface area contributed by atoms with Crippen LogP contribution in [0, 0.1) is 17.0 Å². The van der Waals surface area contributed by atoms with Gasteiger partial charge in [-0.3, -0.25) is 14.9 Å². The average Bonchev–Trinajstić information content (AvgIpc) is 3.28. The standard InChI is InChI=1S/C21H16N4O3S/c1-14-4-2-5-15(12-14)22-20-19(29-21(26)23-20)13-18-6-3-11-24(18)16-7-9-17(10-8-16)25(27)28/h2-13H,1H3,(H,22,23,26). The normalized spacial score (nSPS) is 16.4. The first-order chi connectivity index (χ1) is 14.0. The van der Waals surface area contributed by atoms with Crippen molar-refractivity contribution in [3.8, 4) is 5.69 Å². The summed E-state index contributed by atoms with van der Waals surface area (Å²) in [5.74, 6) is 0.502. The van der Waals surface area contributed by atoms with Crippen molar-refractivity contribution in [3.05, 3.63) is 93.1 Å². The Balaban J connectivity index is 1.69. The maximum Gasteiger partial charge on any atom is 0.289 e. The molecule has 1 saturated heterocycles. The van der Waals surface area contributed by atoms with E-state index < -0.39 is 4.92 Å². The van der Waals surface area contributed by atoms with Gasteiger partial charge in [0.05, 0.1) is 15.5 Å². The molecule has 0 radical (unpaired) electrons. The van der Waals surface area contributed by atoms with Crippen molar-refractivity contribution in [2.24, 2.45) is 4.99 Å². The summed E-state index contributed by atoms with van der Waals surface area (Å²) in [6.45, 7) is 1.99. The number of thioether (sulfide) groups is 1. The molecule has 2 heterocycles. The van der Waals surface area contributed by atoms with E-state index in [-0.39, 0.29) is 10.9 Å². The second-order valence-corrected chi connectivity index (χ2v) is 7.41. The van der Waals surface area contributed by atoms with Crippen molar-refractivity contribution in [1.82, 2.24) is 9.88 Å².